The molecule has 5 rings (SSSR count). The van der Waals surface area contributed by atoms with E-state index in [2.05, 4.69) is 0 Å². The lowest BCUT2D eigenvalue weighted by atomic mass is 9.89. The molecule has 0 radical (unpaired) electrons. The first kappa shape index (κ1) is 30.0. The van der Waals surface area contributed by atoms with Crippen LogP contribution in [0.4, 0.5) is 0 Å². The molecule has 0 amide bonds. The third-order valence-electron chi connectivity index (χ3n) is 7.47. The zero-order valence-electron chi connectivity index (χ0n) is 21.9. The van der Waals surface area contributed by atoms with Crippen molar-refractivity contribution in [3.63, 3.8) is 0 Å². The van der Waals surface area contributed by atoms with Gasteiger partial charge in [0.15, 0.2) is 22.5 Å². The molecule has 10 N–H and O–H groups in total. The second kappa shape index (κ2) is 11.3. The topological polar surface area (TPSA) is 260 Å². The second-order valence-electron chi connectivity index (χ2n) is 10.2. The van der Waals surface area contributed by atoms with Crippen molar-refractivity contribution in [3.05, 3.63) is 46.1 Å². The van der Waals surface area contributed by atoms with Crippen molar-refractivity contribution in [3.8, 4) is 34.3 Å². The van der Waals surface area contributed by atoms with Gasteiger partial charge >= 0.3 is 0 Å². The van der Waals surface area contributed by atoms with E-state index in [0.29, 0.717) is 0 Å². The maximum atomic E-state index is 13.2. The van der Waals surface area contributed by atoms with Crippen molar-refractivity contribution < 1.29 is 69.7 Å². The molecule has 2 saturated heterocycles. The molecule has 1 aromatic heterocycles. The van der Waals surface area contributed by atoms with E-state index in [9.17, 15) is 55.9 Å². The minimum absolute atomic E-state index is 0.104. The van der Waals surface area contributed by atoms with Crippen LogP contribution in [0.15, 0.2) is 39.5 Å². The molecule has 2 aliphatic rings. The van der Waals surface area contributed by atoms with E-state index in [1.165, 1.54) is 13.0 Å². The lowest BCUT2D eigenvalue weighted by molar-refractivity contribution is -0.269. The van der Waals surface area contributed by atoms with Crippen molar-refractivity contribution in [2.24, 2.45) is 0 Å². The second-order valence-corrected chi connectivity index (χ2v) is 10.2. The van der Waals surface area contributed by atoms with Gasteiger partial charge in [-0.05, 0) is 25.1 Å². The third kappa shape index (κ3) is 5.04. The molecule has 42 heavy (non-hydrogen) atoms. The summed E-state index contributed by atoms with van der Waals surface area (Å²) in [6.07, 6.45) is -16.4. The summed E-state index contributed by atoms with van der Waals surface area (Å²) in [6.45, 7) is 0.590. The van der Waals surface area contributed by atoms with Gasteiger partial charge in [0.25, 0.3) is 0 Å². The van der Waals surface area contributed by atoms with Crippen molar-refractivity contribution in [2.45, 2.75) is 68.1 Å². The highest BCUT2D eigenvalue weighted by atomic mass is 16.7. The fraction of sp³-hybridized carbons (Fsp3) is 0.444. The van der Waals surface area contributed by atoms with Crippen LogP contribution >= 0.6 is 0 Å². The quantitative estimate of drug-likeness (QED) is 0.148. The lowest BCUT2D eigenvalue weighted by Gasteiger charge is -2.42. The molecule has 2 aromatic carbocycles. The smallest absolute Gasteiger partial charge is 0.229 e. The van der Waals surface area contributed by atoms with Gasteiger partial charge in [0.05, 0.1) is 18.3 Å². The van der Waals surface area contributed by atoms with Crippen LogP contribution in [0.5, 0.6) is 23.0 Å². The van der Waals surface area contributed by atoms with E-state index in [4.69, 9.17) is 18.6 Å². The normalized spacial score (nSPS) is 33.5. The number of phenolic OH excluding ortho intramolecular Hbond substituents is 3. The molecule has 0 saturated carbocycles. The molecule has 2 fully saturated rings. The first-order valence-corrected chi connectivity index (χ1v) is 12.9. The van der Waals surface area contributed by atoms with Crippen LogP contribution < -0.4 is 10.2 Å². The minimum atomic E-state index is -1.92. The average Bonchev–Trinajstić information content (AvgIpc) is 2.95. The zero-order valence-corrected chi connectivity index (χ0v) is 21.9. The summed E-state index contributed by atoms with van der Waals surface area (Å²) in [5.74, 6) is -2.31. The fourth-order valence-corrected chi connectivity index (χ4v) is 5.07. The number of fused-ring (bicyclic) bond motifs is 1. The van der Waals surface area contributed by atoms with Crippen LogP contribution in [0.25, 0.3) is 22.3 Å². The molecule has 3 aromatic rings. The minimum Gasteiger partial charge on any atom is -0.507 e. The maximum Gasteiger partial charge on any atom is 0.229 e. The van der Waals surface area contributed by atoms with Gasteiger partial charge < -0.3 is 69.7 Å². The monoisotopic (exact) mass is 594 g/mol. The number of rotatable bonds is 5. The Labute approximate surface area is 236 Å². The SMILES string of the molecule is C[C@H]1O[C@@H](Oc2cc(O)c3c(=O)cc(-c4ccc(O)c(O)c4)oc3c2[C@@H]2O[C@@H](CO)[C@@H](O)[C@H](O)[C@@H]2O)[C@H](O)[C@@H](O)[C@H]1O. The standard InChI is InChI=1S/C27H30O15/c1-8-19(33)21(35)24(38)27(39-8)42-15-6-13(32)17-12(31)5-14(9-2-3-10(29)11(30)4-9)40-25(17)18(15)26-23(37)22(36)20(34)16(7-28)41-26/h2-6,8,16,19-24,26-30,32-38H,7H2,1H3/t8-,16+,19+,20-,21+,22+,23+,24-,26+,27+/m1/s1. The third-order valence-corrected chi connectivity index (χ3v) is 7.47. The maximum absolute atomic E-state index is 13.2. The predicted octanol–water partition coefficient (Wildman–Crippen LogP) is -1.70. The Kier molecular flexibility index (Phi) is 8.06. The molecule has 15 heteroatoms. The van der Waals surface area contributed by atoms with Gasteiger partial charge in [-0.25, -0.2) is 0 Å². The predicted molar refractivity (Wildman–Crippen MR) is 139 cm³/mol. The van der Waals surface area contributed by atoms with E-state index >= 15 is 0 Å². The summed E-state index contributed by atoms with van der Waals surface area (Å²) in [7, 11) is 0. The van der Waals surface area contributed by atoms with E-state index < -0.39 is 107 Å². The molecule has 0 bridgehead atoms. The van der Waals surface area contributed by atoms with Crippen LogP contribution in [0, 0.1) is 0 Å². The first-order chi connectivity index (χ1) is 19.8. The van der Waals surface area contributed by atoms with E-state index in [1.807, 2.05) is 0 Å². The highest BCUT2D eigenvalue weighted by molar-refractivity contribution is 5.90. The summed E-state index contributed by atoms with van der Waals surface area (Å²) < 4.78 is 22.9. The lowest BCUT2D eigenvalue weighted by Crippen LogP contribution is -2.58. The summed E-state index contributed by atoms with van der Waals surface area (Å²) in [5.41, 5.74) is -1.49. The first-order valence-electron chi connectivity index (χ1n) is 12.9. The summed E-state index contributed by atoms with van der Waals surface area (Å²) in [4.78, 5) is 13.2. The molecule has 2 aliphatic heterocycles. The number of hydrogen-bond acceptors (Lipinski definition) is 15. The molecule has 0 aliphatic carbocycles. The van der Waals surface area contributed by atoms with Crippen molar-refractivity contribution in [2.75, 3.05) is 6.61 Å². The Morgan fingerprint density at radius 1 is 0.786 bits per heavy atom. The Bertz CT molecular complexity index is 1520. The summed E-state index contributed by atoms with van der Waals surface area (Å²) in [5, 5.41) is 102. The molecule has 3 heterocycles. The molecule has 0 unspecified atom stereocenters. The van der Waals surface area contributed by atoms with Crippen molar-refractivity contribution in [1.29, 1.82) is 0 Å². The number of benzene rings is 2. The van der Waals surface area contributed by atoms with Gasteiger partial charge in [-0.3, -0.25) is 4.79 Å². The Balaban J connectivity index is 1.75. The van der Waals surface area contributed by atoms with Gasteiger partial charge in [-0.1, -0.05) is 0 Å². The van der Waals surface area contributed by atoms with Gasteiger partial charge in [-0.15, -0.1) is 0 Å². The Morgan fingerprint density at radius 2 is 1.48 bits per heavy atom. The van der Waals surface area contributed by atoms with Crippen LogP contribution in [0.2, 0.25) is 0 Å². The molecular weight excluding hydrogens is 564 g/mol. The summed E-state index contributed by atoms with van der Waals surface area (Å²) >= 11 is 0. The van der Waals surface area contributed by atoms with Crippen molar-refractivity contribution >= 4 is 11.0 Å². The Morgan fingerprint density at radius 3 is 2.14 bits per heavy atom. The highest BCUT2D eigenvalue weighted by Crippen LogP contribution is 2.45. The molecular formula is C27H30O15. The van der Waals surface area contributed by atoms with Gasteiger partial charge in [0, 0.05) is 17.7 Å². The van der Waals surface area contributed by atoms with Crippen LogP contribution in [-0.4, -0.2) is 113 Å². The van der Waals surface area contributed by atoms with Crippen LogP contribution in [0.1, 0.15) is 18.6 Å². The van der Waals surface area contributed by atoms with Gasteiger partial charge in [-0.2, -0.15) is 0 Å². The largest absolute Gasteiger partial charge is 0.507 e. The number of aromatic hydroxyl groups is 3. The fourth-order valence-electron chi connectivity index (χ4n) is 5.07. The molecule has 10 atom stereocenters. The van der Waals surface area contributed by atoms with Crippen molar-refractivity contribution in [1.82, 2.24) is 0 Å². The van der Waals surface area contributed by atoms with E-state index in [0.717, 1.165) is 24.3 Å². The Hall–Kier alpha value is -3.51. The molecule has 15 nitrogen and oxygen atoms in total. The number of aliphatic hydroxyl groups excluding tert-OH is 7. The van der Waals surface area contributed by atoms with Gasteiger partial charge in [0.2, 0.25) is 6.29 Å². The number of ether oxygens (including phenoxy) is 3. The van der Waals surface area contributed by atoms with Crippen LogP contribution in [-0.2, 0) is 9.47 Å². The summed E-state index contributed by atoms with van der Waals surface area (Å²) in [6, 6.07) is 5.44. The molecule has 228 valence electrons. The average molecular weight is 595 g/mol. The van der Waals surface area contributed by atoms with Crippen LogP contribution in [0.3, 0.4) is 0 Å². The van der Waals surface area contributed by atoms with E-state index in [-0.39, 0.29) is 16.9 Å². The molecule has 0 spiro atoms. The number of aliphatic hydroxyl groups is 7. The van der Waals surface area contributed by atoms with Gasteiger partial charge in [0.1, 0.15) is 71.5 Å². The number of hydrogen-bond donors (Lipinski definition) is 10. The number of phenols is 3. The highest BCUT2D eigenvalue weighted by Gasteiger charge is 2.48. The zero-order chi connectivity index (χ0) is 30.6. The van der Waals surface area contributed by atoms with E-state index in [1.54, 1.807) is 0 Å².